The summed E-state index contributed by atoms with van der Waals surface area (Å²) in [5.74, 6) is -1.73. The molecule has 3 rings (SSSR count). The van der Waals surface area contributed by atoms with Gasteiger partial charge in [0.2, 0.25) is 0 Å². The Balaban J connectivity index is 1.49. The number of carbonyl (C=O) groups excluding carboxylic acids is 3. The second-order valence-corrected chi connectivity index (χ2v) is 7.65. The molecule has 1 aromatic carbocycles. The van der Waals surface area contributed by atoms with Crippen LogP contribution in [0.1, 0.15) is 20.0 Å². The standard InChI is InChI=1S/C18H16BrFN2O4S/c19-14-4-3-12(20)10-13(14)18(25)26-11-16(23)21-5-7-22(8-6-21)17(24)15-2-1-9-27-15/h1-4,9-10H,5-8,11H2. The van der Waals surface area contributed by atoms with E-state index in [1.54, 1.807) is 15.9 Å². The van der Waals surface area contributed by atoms with E-state index in [9.17, 15) is 18.8 Å². The monoisotopic (exact) mass is 454 g/mol. The van der Waals surface area contributed by atoms with E-state index in [-0.39, 0.29) is 17.4 Å². The van der Waals surface area contributed by atoms with Crippen LogP contribution in [-0.4, -0.2) is 60.4 Å². The number of carbonyl (C=O) groups is 3. The zero-order valence-corrected chi connectivity index (χ0v) is 16.6. The van der Waals surface area contributed by atoms with Crippen LogP contribution >= 0.6 is 27.3 Å². The topological polar surface area (TPSA) is 66.9 Å². The molecular formula is C18H16BrFN2O4S. The van der Waals surface area contributed by atoms with Gasteiger partial charge in [-0.05, 0) is 45.6 Å². The Hall–Kier alpha value is -2.26. The first-order valence-corrected chi connectivity index (χ1v) is 9.85. The molecule has 2 aromatic rings. The number of ether oxygens (including phenoxy) is 1. The molecule has 6 nitrogen and oxygen atoms in total. The molecule has 2 amide bonds. The molecule has 1 aliphatic rings. The highest BCUT2D eigenvalue weighted by Gasteiger charge is 2.26. The zero-order chi connectivity index (χ0) is 19.4. The van der Waals surface area contributed by atoms with Gasteiger partial charge in [0.1, 0.15) is 5.82 Å². The van der Waals surface area contributed by atoms with E-state index in [4.69, 9.17) is 4.74 Å². The first-order valence-electron chi connectivity index (χ1n) is 8.18. The minimum Gasteiger partial charge on any atom is -0.452 e. The molecule has 9 heteroatoms. The Morgan fingerprint density at radius 3 is 2.48 bits per heavy atom. The fraction of sp³-hybridized carbons (Fsp3) is 0.278. The van der Waals surface area contributed by atoms with Crippen molar-refractivity contribution in [3.63, 3.8) is 0 Å². The Bertz CT molecular complexity index is 851. The number of rotatable bonds is 4. The van der Waals surface area contributed by atoms with Crippen molar-refractivity contribution in [1.29, 1.82) is 0 Å². The molecule has 1 aromatic heterocycles. The van der Waals surface area contributed by atoms with Crippen molar-refractivity contribution in [3.8, 4) is 0 Å². The highest BCUT2D eigenvalue weighted by atomic mass is 79.9. The van der Waals surface area contributed by atoms with Crippen molar-refractivity contribution in [1.82, 2.24) is 9.80 Å². The number of amides is 2. The number of nitrogens with zero attached hydrogens (tertiary/aromatic N) is 2. The summed E-state index contributed by atoms with van der Waals surface area (Å²) in [4.78, 5) is 40.5. The average molecular weight is 455 g/mol. The summed E-state index contributed by atoms with van der Waals surface area (Å²) < 4.78 is 18.7. The average Bonchev–Trinajstić information content (AvgIpc) is 3.22. The molecular weight excluding hydrogens is 439 g/mol. The minimum absolute atomic E-state index is 0.0224. The van der Waals surface area contributed by atoms with Gasteiger partial charge in [-0.25, -0.2) is 9.18 Å². The van der Waals surface area contributed by atoms with Crippen LogP contribution in [0, 0.1) is 5.82 Å². The van der Waals surface area contributed by atoms with Crippen LogP contribution in [0.5, 0.6) is 0 Å². The van der Waals surface area contributed by atoms with Crippen molar-refractivity contribution < 1.29 is 23.5 Å². The lowest BCUT2D eigenvalue weighted by atomic mass is 10.2. The second-order valence-electron chi connectivity index (χ2n) is 5.85. The van der Waals surface area contributed by atoms with Gasteiger partial charge < -0.3 is 14.5 Å². The Labute approximate surface area is 167 Å². The molecule has 1 aliphatic heterocycles. The molecule has 2 heterocycles. The molecule has 0 atom stereocenters. The van der Waals surface area contributed by atoms with Gasteiger partial charge in [-0.3, -0.25) is 9.59 Å². The number of esters is 1. The number of benzene rings is 1. The van der Waals surface area contributed by atoms with Crippen LogP contribution in [0.15, 0.2) is 40.2 Å². The molecule has 0 unspecified atom stereocenters. The van der Waals surface area contributed by atoms with Crippen LogP contribution in [0.4, 0.5) is 4.39 Å². The predicted octanol–water partition coefficient (Wildman–Crippen LogP) is 2.79. The normalized spacial score (nSPS) is 14.1. The van der Waals surface area contributed by atoms with Crippen molar-refractivity contribution in [2.45, 2.75) is 0 Å². The van der Waals surface area contributed by atoms with E-state index in [1.165, 1.54) is 23.5 Å². The van der Waals surface area contributed by atoms with Gasteiger partial charge in [-0.1, -0.05) is 6.07 Å². The summed E-state index contributed by atoms with van der Waals surface area (Å²) in [7, 11) is 0. The van der Waals surface area contributed by atoms with E-state index in [0.717, 1.165) is 6.07 Å². The van der Waals surface area contributed by atoms with Gasteiger partial charge >= 0.3 is 5.97 Å². The summed E-state index contributed by atoms with van der Waals surface area (Å²) in [5, 5.41) is 1.85. The van der Waals surface area contributed by atoms with Crippen LogP contribution in [-0.2, 0) is 9.53 Å². The lowest BCUT2D eigenvalue weighted by Crippen LogP contribution is -2.51. The van der Waals surface area contributed by atoms with E-state index in [1.807, 2.05) is 11.4 Å². The van der Waals surface area contributed by atoms with Crippen molar-refractivity contribution in [2.24, 2.45) is 0 Å². The first kappa shape index (κ1) is 19.5. The van der Waals surface area contributed by atoms with Crippen LogP contribution in [0.3, 0.4) is 0 Å². The van der Waals surface area contributed by atoms with Crippen molar-refractivity contribution in [2.75, 3.05) is 32.8 Å². The van der Waals surface area contributed by atoms with Gasteiger partial charge in [-0.15, -0.1) is 11.3 Å². The van der Waals surface area contributed by atoms with E-state index in [2.05, 4.69) is 15.9 Å². The highest BCUT2D eigenvalue weighted by Crippen LogP contribution is 2.19. The van der Waals surface area contributed by atoms with Crippen LogP contribution in [0.2, 0.25) is 0 Å². The maximum absolute atomic E-state index is 13.3. The third-order valence-corrected chi connectivity index (χ3v) is 5.68. The molecule has 27 heavy (non-hydrogen) atoms. The predicted molar refractivity (Wildman–Crippen MR) is 101 cm³/mol. The molecule has 0 spiro atoms. The molecule has 0 aliphatic carbocycles. The zero-order valence-electron chi connectivity index (χ0n) is 14.2. The van der Waals surface area contributed by atoms with Crippen LogP contribution in [0.25, 0.3) is 0 Å². The van der Waals surface area contributed by atoms with Crippen molar-refractivity contribution >= 4 is 45.1 Å². The second kappa shape index (κ2) is 8.62. The van der Waals surface area contributed by atoms with E-state index >= 15 is 0 Å². The molecule has 0 N–H and O–H groups in total. The Kier molecular flexibility index (Phi) is 6.22. The first-order chi connectivity index (χ1) is 13.0. The highest BCUT2D eigenvalue weighted by molar-refractivity contribution is 9.10. The molecule has 1 saturated heterocycles. The van der Waals surface area contributed by atoms with Crippen LogP contribution < -0.4 is 0 Å². The fourth-order valence-corrected chi connectivity index (χ4v) is 3.76. The quantitative estimate of drug-likeness (QED) is 0.666. The Morgan fingerprint density at radius 2 is 1.81 bits per heavy atom. The number of halogens is 2. The maximum Gasteiger partial charge on any atom is 0.339 e. The summed E-state index contributed by atoms with van der Waals surface area (Å²) in [6.45, 7) is 1.16. The van der Waals surface area contributed by atoms with Gasteiger partial charge in [0.15, 0.2) is 6.61 Å². The molecule has 1 fully saturated rings. The summed E-state index contributed by atoms with van der Waals surface area (Å²) in [6, 6.07) is 7.25. The van der Waals surface area contributed by atoms with Gasteiger partial charge in [-0.2, -0.15) is 0 Å². The fourth-order valence-electron chi connectivity index (χ4n) is 2.67. The summed E-state index contributed by atoms with van der Waals surface area (Å²) in [6.07, 6.45) is 0. The van der Waals surface area contributed by atoms with Gasteiger partial charge in [0.05, 0.1) is 10.4 Å². The molecule has 0 bridgehead atoms. The Morgan fingerprint density at radius 1 is 1.11 bits per heavy atom. The third-order valence-electron chi connectivity index (χ3n) is 4.13. The lowest BCUT2D eigenvalue weighted by molar-refractivity contribution is -0.136. The van der Waals surface area contributed by atoms with Gasteiger partial charge in [0, 0.05) is 30.7 Å². The van der Waals surface area contributed by atoms with Gasteiger partial charge in [0.25, 0.3) is 11.8 Å². The smallest absolute Gasteiger partial charge is 0.339 e. The summed E-state index contributed by atoms with van der Waals surface area (Å²) >= 11 is 4.54. The molecule has 0 saturated carbocycles. The lowest BCUT2D eigenvalue weighted by Gasteiger charge is -2.34. The van der Waals surface area contributed by atoms with E-state index < -0.39 is 18.4 Å². The number of piperazine rings is 1. The number of hydrogen-bond acceptors (Lipinski definition) is 5. The number of hydrogen-bond donors (Lipinski definition) is 0. The number of thiophene rings is 1. The van der Waals surface area contributed by atoms with E-state index in [0.29, 0.717) is 35.5 Å². The third kappa shape index (κ3) is 4.72. The summed E-state index contributed by atoms with van der Waals surface area (Å²) in [5.41, 5.74) is 0.0224. The SMILES string of the molecule is O=C(OCC(=O)N1CCN(C(=O)c2cccs2)CC1)c1cc(F)ccc1Br. The maximum atomic E-state index is 13.3. The molecule has 0 radical (unpaired) electrons. The van der Waals surface area contributed by atoms with Crippen molar-refractivity contribution in [3.05, 3.63) is 56.4 Å². The molecule has 142 valence electrons. The largest absolute Gasteiger partial charge is 0.452 e. The minimum atomic E-state index is -0.777.